The van der Waals surface area contributed by atoms with E-state index in [4.69, 9.17) is 0 Å². The van der Waals surface area contributed by atoms with Crippen molar-refractivity contribution in [3.63, 3.8) is 0 Å². The third kappa shape index (κ3) is 3.13. The van der Waals surface area contributed by atoms with Gasteiger partial charge >= 0.3 is 0 Å². The number of benzene rings is 1. The molecule has 1 aromatic carbocycles. The molecular formula is C18H20FN3O3S. The summed E-state index contributed by atoms with van der Waals surface area (Å²) in [7, 11) is 0. The first-order valence-electron chi connectivity index (χ1n) is 8.71. The van der Waals surface area contributed by atoms with E-state index >= 15 is 0 Å². The Morgan fingerprint density at radius 1 is 1.27 bits per heavy atom. The molecule has 1 aromatic heterocycles. The fourth-order valence-electron chi connectivity index (χ4n) is 3.63. The van der Waals surface area contributed by atoms with Gasteiger partial charge in [0.25, 0.3) is 11.5 Å². The standard InChI is InChI=1S/C18H20FN3O3S/c19-14-6-5-11(10-16(14)22-18(24,25)7-8-26-22)9-15-12-3-1-2-4-13(12)17(23)21-20-15/h5-6,10,24-25H,1-4,7-9H2,(H,21,23). The van der Waals surface area contributed by atoms with Crippen LogP contribution in [0.3, 0.4) is 0 Å². The topological polar surface area (TPSA) is 89.5 Å². The van der Waals surface area contributed by atoms with Gasteiger partial charge in [-0.15, -0.1) is 0 Å². The minimum absolute atomic E-state index is 0.123. The van der Waals surface area contributed by atoms with Gasteiger partial charge in [-0.25, -0.2) is 9.49 Å². The molecule has 1 saturated heterocycles. The monoisotopic (exact) mass is 377 g/mol. The van der Waals surface area contributed by atoms with Gasteiger partial charge < -0.3 is 10.2 Å². The summed E-state index contributed by atoms with van der Waals surface area (Å²) in [5.74, 6) is -2.06. The SMILES string of the molecule is O=c1[nH]nc(Cc2ccc(F)c(N3SCCC3(O)O)c2)c2c1CCCC2. The Balaban J connectivity index is 1.68. The largest absolute Gasteiger partial charge is 0.348 e. The van der Waals surface area contributed by atoms with Gasteiger partial charge in [0.1, 0.15) is 5.82 Å². The van der Waals surface area contributed by atoms with Crippen molar-refractivity contribution in [2.24, 2.45) is 0 Å². The molecule has 2 heterocycles. The van der Waals surface area contributed by atoms with Crippen molar-refractivity contribution in [3.8, 4) is 0 Å². The highest BCUT2D eigenvalue weighted by molar-refractivity contribution is 8.00. The van der Waals surface area contributed by atoms with E-state index in [1.807, 2.05) is 0 Å². The van der Waals surface area contributed by atoms with Crippen LogP contribution in [0.2, 0.25) is 0 Å². The smallest absolute Gasteiger partial charge is 0.267 e. The van der Waals surface area contributed by atoms with E-state index < -0.39 is 11.7 Å². The molecule has 4 rings (SSSR count). The number of nitrogens with zero attached hydrogens (tertiary/aromatic N) is 2. The zero-order chi connectivity index (χ0) is 18.3. The maximum atomic E-state index is 14.3. The van der Waals surface area contributed by atoms with Gasteiger partial charge in [-0.3, -0.25) is 9.10 Å². The normalized spacial score (nSPS) is 18.8. The number of hydrogen-bond donors (Lipinski definition) is 3. The highest BCUT2D eigenvalue weighted by Crippen LogP contribution is 2.39. The minimum Gasteiger partial charge on any atom is -0.348 e. The molecule has 1 fully saturated rings. The average Bonchev–Trinajstić information content (AvgIpc) is 2.98. The van der Waals surface area contributed by atoms with Crippen LogP contribution in [-0.2, 0) is 19.3 Å². The molecule has 0 saturated carbocycles. The third-order valence-corrected chi connectivity index (χ3v) is 6.10. The number of rotatable bonds is 3. The van der Waals surface area contributed by atoms with Crippen molar-refractivity contribution < 1.29 is 14.6 Å². The lowest BCUT2D eigenvalue weighted by molar-refractivity contribution is -0.144. The highest BCUT2D eigenvalue weighted by atomic mass is 32.2. The summed E-state index contributed by atoms with van der Waals surface area (Å²) < 4.78 is 15.5. The Labute approximate surface area is 154 Å². The predicted molar refractivity (Wildman–Crippen MR) is 97.4 cm³/mol. The molecule has 6 nitrogen and oxygen atoms in total. The van der Waals surface area contributed by atoms with Crippen LogP contribution in [-0.4, -0.2) is 32.1 Å². The van der Waals surface area contributed by atoms with Crippen molar-refractivity contribution >= 4 is 17.6 Å². The molecule has 0 atom stereocenters. The fraction of sp³-hybridized carbons (Fsp3) is 0.444. The maximum Gasteiger partial charge on any atom is 0.267 e. The molecule has 1 aliphatic heterocycles. The first-order chi connectivity index (χ1) is 12.5. The molecule has 138 valence electrons. The lowest BCUT2D eigenvalue weighted by Gasteiger charge is -2.29. The first kappa shape index (κ1) is 17.5. The number of aromatic amines is 1. The van der Waals surface area contributed by atoms with Crippen LogP contribution in [0.5, 0.6) is 0 Å². The molecule has 0 radical (unpaired) electrons. The molecule has 0 bridgehead atoms. The van der Waals surface area contributed by atoms with Gasteiger partial charge in [0.15, 0.2) is 0 Å². The molecule has 0 spiro atoms. The first-order valence-corrected chi connectivity index (χ1v) is 9.65. The molecule has 8 heteroatoms. The molecule has 2 aromatic rings. The van der Waals surface area contributed by atoms with E-state index in [1.165, 1.54) is 22.3 Å². The number of nitrogens with one attached hydrogen (secondary N) is 1. The van der Waals surface area contributed by atoms with Crippen LogP contribution >= 0.6 is 11.9 Å². The van der Waals surface area contributed by atoms with Gasteiger partial charge in [-0.05, 0) is 60.9 Å². The van der Waals surface area contributed by atoms with E-state index in [9.17, 15) is 19.4 Å². The summed E-state index contributed by atoms with van der Waals surface area (Å²) in [6.45, 7) is 0. The van der Waals surface area contributed by atoms with Gasteiger partial charge in [0.05, 0.1) is 11.4 Å². The van der Waals surface area contributed by atoms with Crippen LogP contribution in [0.15, 0.2) is 23.0 Å². The van der Waals surface area contributed by atoms with Crippen LogP contribution < -0.4 is 9.86 Å². The molecule has 0 amide bonds. The molecule has 26 heavy (non-hydrogen) atoms. The second-order valence-electron chi connectivity index (χ2n) is 6.78. The molecule has 0 unspecified atom stereocenters. The van der Waals surface area contributed by atoms with Crippen molar-refractivity contribution in [2.45, 2.75) is 44.4 Å². The summed E-state index contributed by atoms with van der Waals surface area (Å²) in [6, 6.07) is 4.62. The van der Waals surface area contributed by atoms with Gasteiger partial charge in [0, 0.05) is 24.2 Å². The number of fused-ring (bicyclic) bond motifs is 1. The van der Waals surface area contributed by atoms with E-state index in [0.29, 0.717) is 12.2 Å². The lowest BCUT2D eigenvalue weighted by atomic mass is 9.90. The zero-order valence-corrected chi connectivity index (χ0v) is 15.0. The van der Waals surface area contributed by atoms with E-state index in [1.54, 1.807) is 12.1 Å². The fourth-order valence-corrected chi connectivity index (χ4v) is 4.76. The predicted octanol–water partition coefficient (Wildman–Crippen LogP) is 1.88. The number of anilines is 1. The molecule has 2 aliphatic rings. The van der Waals surface area contributed by atoms with Crippen molar-refractivity contribution in [1.82, 2.24) is 10.2 Å². The summed E-state index contributed by atoms with van der Waals surface area (Å²) in [6.07, 6.45) is 4.22. The van der Waals surface area contributed by atoms with Gasteiger partial charge in [-0.2, -0.15) is 5.10 Å². The van der Waals surface area contributed by atoms with E-state index in [0.717, 1.165) is 48.1 Å². The van der Waals surface area contributed by atoms with Crippen LogP contribution in [0, 0.1) is 5.82 Å². The summed E-state index contributed by atoms with van der Waals surface area (Å²) in [4.78, 5) is 12.0. The van der Waals surface area contributed by atoms with Gasteiger partial charge in [-0.1, -0.05) is 6.07 Å². The second-order valence-corrected chi connectivity index (χ2v) is 7.81. The number of aromatic nitrogens is 2. The Morgan fingerprint density at radius 3 is 2.77 bits per heavy atom. The van der Waals surface area contributed by atoms with Crippen LogP contribution in [0.4, 0.5) is 10.1 Å². The summed E-state index contributed by atoms with van der Waals surface area (Å²) in [5.41, 5.74) is 3.43. The molecular weight excluding hydrogens is 357 g/mol. The number of hydrogen-bond acceptors (Lipinski definition) is 6. The van der Waals surface area contributed by atoms with Gasteiger partial charge in [0.2, 0.25) is 0 Å². The lowest BCUT2D eigenvalue weighted by Crippen LogP contribution is -2.40. The van der Waals surface area contributed by atoms with Crippen molar-refractivity contribution in [1.29, 1.82) is 0 Å². The zero-order valence-electron chi connectivity index (χ0n) is 14.2. The van der Waals surface area contributed by atoms with E-state index in [-0.39, 0.29) is 17.7 Å². The number of H-pyrrole nitrogens is 1. The summed E-state index contributed by atoms with van der Waals surface area (Å²) >= 11 is 1.19. The third-order valence-electron chi connectivity index (χ3n) is 4.97. The Kier molecular flexibility index (Phi) is 4.50. The highest BCUT2D eigenvalue weighted by Gasteiger charge is 2.39. The van der Waals surface area contributed by atoms with E-state index in [2.05, 4.69) is 10.2 Å². The quantitative estimate of drug-likeness (QED) is 0.559. The van der Waals surface area contributed by atoms with Crippen LogP contribution in [0.1, 0.15) is 41.6 Å². The molecule has 3 N–H and O–H groups in total. The molecule has 1 aliphatic carbocycles. The van der Waals surface area contributed by atoms with Crippen molar-refractivity contribution in [3.05, 3.63) is 56.8 Å². The summed E-state index contributed by atoms with van der Waals surface area (Å²) in [5, 5.41) is 26.9. The Hall–Kier alpha value is -1.90. The second kappa shape index (κ2) is 6.68. The average molecular weight is 377 g/mol. The minimum atomic E-state index is -2.06. The Bertz CT molecular complexity index is 900. The Morgan fingerprint density at radius 2 is 2.04 bits per heavy atom. The number of aliphatic hydroxyl groups is 2. The van der Waals surface area contributed by atoms with Crippen LogP contribution in [0.25, 0.3) is 0 Å². The maximum absolute atomic E-state index is 14.3. The number of halogens is 1. The van der Waals surface area contributed by atoms with Crippen molar-refractivity contribution in [2.75, 3.05) is 10.1 Å².